The topological polar surface area (TPSA) is 141 Å². The molecule has 0 saturated carbocycles. The number of nitrogens with zero attached hydrogens (tertiary/aromatic N) is 4. The second-order valence-electron chi connectivity index (χ2n) is 9.27. The van der Waals surface area contributed by atoms with E-state index < -0.39 is 27.8 Å². The lowest BCUT2D eigenvalue weighted by atomic mass is 9.97. The van der Waals surface area contributed by atoms with Crippen LogP contribution in [0.25, 0.3) is 16.9 Å². The summed E-state index contributed by atoms with van der Waals surface area (Å²) in [5.74, 6) is -1.59. The average Bonchev–Trinajstić information content (AvgIpc) is 3.40. The highest BCUT2D eigenvalue weighted by atomic mass is 35.5. The highest BCUT2D eigenvalue weighted by molar-refractivity contribution is 7.84. The number of halogens is 3. The van der Waals surface area contributed by atoms with Crippen LogP contribution in [0.1, 0.15) is 23.3 Å². The number of carbonyl (C=O) groups is 1. The van der Waals surface area contributed by atoms with Gasteiger partial charge < -0.3 is 19.4 Å². The summed E-state index contributed by atoms with van der Waals surface area (Å²) < 4.78 is 63.0. The molecule has 0 unspecified atom stereocenters. The van der Waals surface area contributed by atoms with Crippen molar-refractivity contribution in [2.24, 2.45) is 11.1 Å². The number of hydrogen-bond acceptors (Lipinski definition) is 8. The molecule has 1 fully saturated rings. The lowest BCUT2D eigenvalue weighted by Gasteiger charge is -2.34. The number of imidazole rings is 1. The van der Waals surface area contributed by atoms with Gasteiger partial charge in [0, 0.05) is 31.7 Å². The first kappa shape index (κ1) is 30.1. The van der Waals surface area contributed by atoms with Gasteiger partial charge in [0.1, 0.15) is 28.8 Å². The molecule has 4 aromatic rings. The van der Waals surface area contributed by atoms with Gasteiger partial charge in [-0.3, -0.25) is 8.98 Å². The lowest BCUT2D eigenvalue weighted by Crippen LogP contribution is -2.36. The molecule has 15 heteroatoms. The number of benzene rings is 2. The van der Waals surface area contributed by atoms with Crippen LogP contribution in [-0.4, -0.2) is 55.5 Å². The maximum absolute atomic E-state index is 14.9. The van der Waals surface area contributed by atoms with Gasteiger partial charge in [-0.15, -0.1) is 12.4 Å². The van der Waals surface area contributed by atoms with Crippen LogP contribution in [0.15, 0.2) is 55.0 Å². The Morgan fingerprint density at radius 3 is 2.66 bits per heavy atom. The molecule has 1 amide bonds. The molecule has 2 aromatic heterocycles. The molecule has 0 atom stereocenters. The van der Waals surface area contributed by atoms with Crippen LogP contribution in [0.5, 0.6) is 5.75 Å². The van der Waals surface area contributed by atoms with E-state index in [1.54, 1.807) is 22.7 Å². The number of fused-ring (bicyclic) bond motifs is 1. The van der Waals surface area contributed by atoms with E-state index in [0.717, 1.165) is 0 Å². The normalized spacial score (nSPS) is 14.1. The fourth-order valence-electron chi connectivity index (χ4n) is 4.72. The Kier molecular flexibility index (Phi) is 9.07. The van der Waals surface area contributed by atoms with E-state index >= 15 is 0 Å². The summed E-state index contributed by atoms with van der Waals surface area (Å²) in [6.07, 6.45) is 5.75. The minimum Gasteiger partial charge on any atom is -0.496 e. The molecule has 0 radical (unpaired) electrons. The van der Waals surface area contributed by atoms with Gasteiger partial charge in [0.15, 0.2) is 5.65 Å². The van der Waals surface area contributed by atoms with E-state index in [4.69, 9.17) is 14.1 Å². The fourth-order valence-corrected chi connectivity index (χ4v) is 5.10. The van der Waals surface area contributed by atoms with Gasteiger partial charge in [-0.05, 0) is 49.1 Å². The lowest BCUT2D eigenvalue weighted by molar-refractivity contribution is 0.102. The number of piperidine rings is 1. The first-order valence-electron chi connectivity index (χ1n) is 12.3. The average molecular weight is 609 g/mol. The molecule has 0 aliphatic carbocycles. The first-order valence-corrected chi connectivity index (χ1v) is 13.8. The Morgan fingerprint density at radius 2 is 1.95 bits per heavy atom. The zero-order chi connectivity index (χ0) is 28.4. The van der Waals surface area contributed by atoms with Crippen LogP contribution >= 0.6 is 12.4 Å². The minimum absolute atomic E-state index is 0. The van der Waals surface area contributed by atoms with Gasteiger partial charge in [0.2, 0.25) is 0 Å². The van der Waals surface area contributed by atoms with Crippen LogP contribution in [0.2, 0.25) is 0 Å². The second kappa shape index (κ2) is 12.3. The highest BCUT2D eigenvalue weighted by Crippen LogP contribution is 2.34. The van der Waals surface area contributed by atoms with Crippen molar-refractivity contribution >= 4 is 45.6 Å². The zero-order valence-corrected chi connectivity index (χ0v) is 23.4. The number of hydrogen-bond donors (Lipinski definition) is 2. The summed E-state index contributed by atoms with van der Waals surface area (Å²) in [6, 6.07) is 8.40. The van der Waals surface area contributed by atoms with Crippen molar-refractivity contribution in [3.05, 3.63) is 72.3 Å². The molecule has 1 aliphatic heterocycles. The molecule has 0 bridgehead atoms. The maximum atomic E-state index is 14.9. The SMILES string of the molecule is COc1cccc(F)c1-c1nc(C(=O)Nc2cc(F)ccc2N2CCC(COS(N)(=O)=O)CC2)cn2ccnc12.Cl. The smallest absolute Gasteiger partial charge is 0.333 e. The molecule has 11 nitrogen and oxygen atoms in total. The van der Waals surface area contributed by atoms with Crippen LogP contribution in [-0.2, 0) is 14.5 Å². The Morgan fingerprint density at radius 1 is 1.20 bits per heavy atom. The van der Waals surface area contributed by atoms with E-state index in [1.165, 1.54) is 43.8 Å². The Labute approximate surface area is 241 Å². The quantitative estimate of drug-likeness (QED) is 0.308. The third-order valence-corrected chi connectivity index (χ3v) is 7.13. The van der Waals surface area contributed by atoms with Crippen molar-refractivity contribution < 1.29 is 30.9 Å². The summed E-state index contributed by atoms with van der Waals surface area (Å²) in [6.45, 7) is 1.02. The number of rotatable bonds is 8. The van der Waals surface area contributed by atoms with Crippen molar-refractivity contribution in [2.75, 3.05) is 37.0 Å². The van der Waals surface area contributed by atoms with E-state index in [-0.39, 0.29) is 53.3 Å². The monoisotopic (exact) mass is 608 g/mol. The first-order chi connectivity index (χ1) is 19.1. The Bertz CT molecular complexity index is 1680. The molecule has 41 heavy (non-hydrogen) atoms. The van der Waals surface area contributed by atoms with Crippen LogP contribution < -0.4 is 20.1 Å². The van der Waals surface area contributed by atoms with Gasteiger partial charge in [0.05, 0.1) is 30.7 Å². The number of nitrogens with two attached hydrogens (primary N) is 1. The maximum Gasteiger partial charge on any atom is 0.333 e. The van der Waals surface area contributed by atoms with Crippen molar-refractivity contribution in [2.45, 2.75) is 12.8 Å². The van der Waals surface area contributed by atoms with Crippen molar-refractivity contribution in [1.29, 1.82) is 0 Å². The fraction of sp³-hybridized carbons (Fsp3) is 0.269. The van der Waals surface area contributed by atoms with E-state index in [1.807, 2.05) is 4.90 Å². The van der Waals surface area contributed by atoms with Gasteiger partial charge in [-0.2, -0.15) is 8.42 Å². The summed E-state index contributed by atoms with van der Waals surface area (Å²) in [5.41, 5.74) is 1.23. The Balaban J connectivity index is 0.00000387. The van der Waals surface area contributed by atoms with Crippen LogP contribution in [0, 0.1) is 17.6 Å². The molecule has 0 spiro atoms. The molecule has 5 rings (SSSR count). The Hall–Kier alpha value is -3.85. The predicted molar refractivity (Wildman–Crippen MR) is 151 cm³/mol. The number of ether oxygens (including phenoxy) is 1. The number of aromatic nitrogens is 3. The van der Waals surface area contributed by atoms with E-state index in [2.05, 4.69) is 15.3 Å². The zero-order valence-electron chi connectivity index (χ0n) is 21.8. The third-order valence-electron chi connectivity index (χ3n) is 6.67. The number of anilines is 2. The largest absolute Gasteiger partial charge is 0.496 e. The number of methoxy groups -OCH3 is 1. The number of amides is 1. The van der Waals surface area contributed by atoms with Gasteiger partial charge >= 0.3 is 10.3 Å². The summed E-state index contributed by atoms with van der Waals surface area (Å²) >= 11 is 0. The van der Waals surface area contributed by atoms with Crippen LogP contribution in [0.3, 0.4) is 0 Å². The summed E-state index contributed by atoms with van der Waals surface area (Å²) in [7, 11) is -2.62. The molecular weight excluding hydrogens is 582 g/mol. The minimum atomic E-state index is -4.02. The number of carbonyl (C=O) groups excluding carboxylic acids is 1. The second-order valence-corrected chi connectivity index (χ2v) is 10.5. The molecule has 218 valence electrons. The van der Waals surface area contributed by atoms with E-state index in [0.29, 0.717) is 37.3 Å². The van der Waals surface area contributed by atoms with Crippen molar-refractivity contribution in [3.8, 4) is 17.0 Å². The highest BCUT2D eigenvalue weighted by Gasteiger charge is 2.25. The summed E-state index contributed by atoms with van der Waals surface area (Å²) in [4.78, 5) is 24.1. The number of nitrogens with one attached hydrogen (secondary N) is 1. The molecule has 1 aliphatic rings. The van der Waals surface area contributed by atoms with Gasteiger partial charge in [0.25, 0.3) is 5.91 Å². The standard InChI is InChI=1S/C26H26F2N6O5S.ClH/c1-38-22-4-2-3-18(28)23(22)24-25-30-9-12-34(25)14-20(31-24)26(35)32-19-13-17(27)5-6-21(19)33-10-7-16(8-11-33)15-39-40(29,36)37;/h2-6,9,12-14,16H,7-8,10-11,15H2,1H3,(H,32,35)(H2,29,36,37);1H. The van der Waals surface area contributed by atoms with Gasteiger partial charge in [-0.1, -0.05) is 6.07 Å². The third kappa shape index (κ3) is 6.73. The van der Waals surface area contributed by atoms with Crippen LogP contribution in [0.4, 0.5) is 20.2 Å². The molecule has 2 aromatic carbocycles. The summed E-state index contributed by atoms with van der Waals surface area (Å²) in [5, 5.41) is 7.65. The predicted octanol–water partition coefficient (Wildman–Crippen LogP) is 3.79. The molecule has 3 heterocycles. The molecular formula is C26H27ClF2N6O5S. The molecule has 3 N–H and O–H groups in total. The van der Waals surface area contributed by atoms with Gasteiger partial charge in [-0.25, -0.2) is 23.9 Å². The van der Waals surface area contributed by atoms with Crippen molar-refractivity contribution in [1.82, 2.24) is 14.4 Å². The van der Waals surface area contributed by atoms with Crippen molar-refractivity contribution in [3.63, 3.8) is 0 Å². The molecule has 1 saturated heterocycles. The van der Waals surface area contributed by atoms with E-state index in [9.17, 15) is 22.0 Å².